The van der Waals surface area contributed by atoms with Crippen LogP contribution in [0.2, 0.25) is 0 Å². The summed E-state index contributed by atoms with van der Waals surface area (Å²) in [5, 5.41) is 4.92. The summed E-state index contributed by atoms with van der Waals surface area (Å²) < 4.78 is 0. The van der Waals surface area contributed by atoms with Gasteiger partial charge < -0.3 is 5.32 Å². The van der Waals surface area contributed by atoms with Crippen molar-refractivity contribution < 1.29 is 0 Å². The highest BCUT2D eigenvalue weighted by Crippen LogP contribution is 2.32. The molecule has 0 bridgehead atoms. The molecule has 0 aliphatic heterocycles. The van der Waals surface area contributed by atoms with Crippen LogP contribution < -0.4 is 5.32 Å². The number of nitrogens with one attached hydrogen (secondary N) is 1. The number of thioether (sulfide) groups is 1. The first-order valence-corrected chi connectivity index (χ1v) is 6.30. The molecule has 4 heteroatoms. The molecule has 0 amide bonds. The zero-order valence-electron chi connectivity index (χ0n) is 9.23. The molecule has 82 valence electrons. The van der Waals surface area contributed by atoms with E-state index in [-0.39, 0.29) is 0 Å². The minimum atomic E-state index is 0.625. The lowest BCUT2D eigenvalue weighted by molar-refractivity contribution is 0.591. The van der Waals surface area contributed by atoms with Crippen molar-refractivity contribution in [2.24, 2.45) is 0 Å². The number of aryl methyl sites for hydroxylation is 1. The van der Waals surface area contributed by atoms with Crippen molar-refractivity contribution >= 4 is 11.8 Å². The first-order valence-electron chi connectivity index (χ1n) is 5.42. The molecule has 2 atom stereocenters. The molecule has 2 rings (SSSR count). The van der Waals surface area contributed by atoms with Crippen LogP contribution in [0.15, 0.2) is 17.6 Å². The van der Waals surface area contributed by atoms with E-state index in [0.29, 0.717) is 11.3 Å². The molecule has 2 unspecified atom stereocenters. The van der Waals surface area contributed by atoms with Crippen LogP contribution in [0.3, 0.4) is 0 Å². The lowest BCUT2D eigenvalue weighted by atomic mass is 10.2. The number of rotatable bonds is 3. The second kappa shape index (κ2) is 4.94. The summed E-state index contributed by atoms with van der Waals surface area (Å²) in [4.78, 5) is 8.67. The molecule has 0 aromatic carbocycles. The number of hydrogen-bond acceptors (Lipinski definition) is 4. The highest BCUT2D eigenvalue weighted by atomic mass is 32.2. The summed E-state index contributed by atoms with van der Waals surface area (Å²) in [5.74, 6) is 0. The Morgan fingerprint density at radius 3 is 2.73 bits per heavy atom. The molecule has 0 radical (unpaired) electrons. The normalized spacial score (nSPS) is 25.7. The third kappa shape index (κ3) is 2.69. The van der Waals surface area contributed by atoms with Crippen LogP contribution in [-0.4, -0.2) is 28.3 Å². The van der Waals surface area contributed by atoms with Crippen molar-refractivity contribution in [3.8, 4) is 0 Å². The van der Waals surface area contributed by atoms with E-state index in [0.717, 1.165) is 10.7 Å². The average molecular weight is 223 g/mol. The van der Waals surface area contributed by atoms with E-state index in [1.807, 2.05) is 38.1 Å². The van der Waals surface area contributed by atoms with Gasteiger partial charge in [-0.2, -0.15) is 0 Å². The zero-order valence-corrected chi connectivity index (χ0v) is 10.0. The van der Waals surface area contributed by atoms with Gasteiger partial charge in [0.25, 0.3) is 0 Å². The molecule has 0 saturated heterocycles. The third-order valence-corrected chi connectivity index (χ3v) is 4.13. The number of aromatic nitrogens is 2. The number of nitrogens with zero attached hydrogens (tertiary/aromatic N) is 2. The summed E-state index contributed by atoms with van der Waals surface area (Å²) in [6, 6.07) is 0.625. The van der Waals surface area contributed by atoms with Crippen molar-refractivity contribution in [2.45, 2.75) is 42.6 Å². The first-order chi connectivity index (χ1) is 7.29. The van der Waals surface area contributed by atoms with Gasteiger partial charge in [0.1, 0.15) is 0 Å². The quantitative estimate of drug-likeness (QED) is 0.796. The lowest BCUT2D eigenvalue weighted by Gasteiger charge is -2.17. The predicted molar refractivity (Wildman–Crippen MR) is 63.1 cm³/mol. The summed E-state index contributed by atoms with van der Waals surface area (Å²) in [6.07, 6.45) is 7.64. The fourth-order valence-electron chi connectivity index (χ4n) is 1.97. The van der Waals surface area contributed by atoms with E-state index in [1.165, 1.54) is 19.3 Å². The Labute approximate surface area is 95.1 Å². The van der Waals surface area contributed by atoms with Crippen molar-refractivity contribution in [1.29, 1.82) is 0 Å². The second-order valence-electron chi connectivity index (χ2n) is 4.03. The molecule has 1 aliphatic carbocycles. The van der Waals surface area contributed by atoms with Crippen molar-refractivity contribution in [3.05, 3.63) is 18.0 Å². The Balaban J connectivity index is 1.99. The predicted octanol–water partition coefficient (Wildman–Crippen LogP) is 2.02. The molecule has 1 aromatic rings. The third-order valence-electron chi connectivity index (χ3n) is 2.84. The zero-order chi connectivity index (χ0) is 10.7. The van der Waals surface area contributed by atoms with E-state index >= 15 is 0 Å². The van der Waals surface area contributed by atoms with Crippen LogP contribution in [0.25, 0.3) is 0 Å². The van der Waals surface area contributed by atoms with Crippen LogP contribution in [0.5, 0.6) is 0 Å². The highest BCUT2D eigenvalue weighted by Gasteiger charge is 2.27. The molecule has 1 fully saturated rings. The van der Waals surface area contributed by atoms with Crippen LogP contribution in [0.1, 0.15) is 24.8 Å². The molecule has 1 N–H and O–H groups in total. The maximum atomic E-state index is 4.33. The van der Waals surface area contributed by atoms with E-state index < -0.39 is 0 Å². The van der Waals surface area contributed by atoms with Crippen LogP contribution >= 0.6 is 11.8 Å². The molecule has 15 heavy (non-hydrogen) atoms. The molecule has 1 heterocycles. The fourth-order valence-corrected chi connectivity index (χ4v) is 3.19. The van der Waals surface area contributed by atoms with Gasteiger partial charge in [0, 0.05) is 23.7 Å². The average Bonchev–Trinajstić information content (AvgIpc) is 2.69. The van der Waals surface area contributed by atoms with Gasteiger partial charge in [-0.3, -0.25) is 0 Å². The smallest absolute Gasteiger partial charge is 0.187 e. The minimum Gasteiger partial charge on any atom is -0.316 e. The maximum absolute atomic E-state index is 4.33. The van der Waals surface area contributed by atoms with Gasteiger partial charge in [-0.1, -0.05) is 18.2 Å². The molecule has 3 nitrogen and oxygen atoms in total. The minimum absolute atomic E-state index is 0.625. The summed E-state index contributed by atoms with van der Waals surface area (Å²) in [7, 11) is 2.04. The molecule has 1 saturated carbocycles. The first kappa shape index (κ1) is 10.9. The van der Waals surface area contributed by atoms with Gasteiger partial charge in [-0.05, 0) is 32.4 Å². The molecule has 0 spiro atoms. The Hall–Kier alpha value is -0.610. The van der Waals surface area contributed by atoms with Crippen molar-refractivity contribution in [1.82, 2.24) is 15.3 Å². The fraction of sp³-hybridized carbons (Fsp3) is 0.636. The van der Waals surface area contributed by atoms with Crippen molar-refractivity contribution in [3.63, 3.8) is 0 Å². The largest absolute Gasteiger partial charge is 0.316 e. The van der Waals surface area contributed by atoms with Crippen LogP contribution in [0, 0.1) is 6.92 Å². The van der Waals surface area contributed by atoms with Gasteiger partial charge >= 0.3 is 0 Å². The Morgan fingerprint density at radius 2 is 2.07 bits per heavy atom. The number of hydrogen-bond donors (Lipinski definition) is 1. The van der Waals surface area contributed by atoms with Gasteiger partial charge in [0.05, 0.1) is 0 Å². The van der Waals surface area contributed by atoms with Gasteiger partial charge in [-0.15, -0.1) is 0 Å². The molecular formula is C11H17N3S. The second-order valence-corrected chi connectivity index (χ2v) is 5.23. The lowest BCUT2D eigenvalue weighted by Crippen LogP contribution is -2.30. The highest BCUT2D eigenvalue weighted by molar-refractivity contribution is 7.99. The van der Waals surface area contributed by atoms with Crippen LogP contribution in [0.4, 0.5) is 0 Å². The van der Waals surface area contributed by atoms with Gasteiger partial charge in [-0.25, -0.2) is 9.97 Å². The summed E-state index contributed by atoms with van der Waals surface area (Å²) in [5.41, 5.74) is 1.12. The standard InChI is InChI=1S/C11H17N3S/c1-8-6-13-11(14-7-8)15-10-5-3-4-9(10)12-2/h6-7,9-10,12H,3-5H2,1-2H3. The summed E-state index contributed by atoms with van der Waals surface area (Å²) >= 11 is 1.81. The van der Waals surface area contributed by atoms with E-state index in [2.05, 4.69) is 15.3 Å². The Kier molecular flexibility index (Phi) is 3.59. The molecule has 1 aromatic heterocycles. The monoisotopic (exact) mass is 223 g/mol. The molecule has 1 aliphatic rings. The van der Waals surface area contributed by atoms with Gasteiger partial charge in [0.2, 0.25) is 0 Å². The SMILES string of the molecule is CNC1CCCC1Sc1ncc(C)cn1. The topological polar surface area (TPSA) is 37.8 Å². The van der Waals surface area contributed by atoms with E-state index in [4.69, 9.17) is 0 Å². The van der Waals surface area contributed by atoms with Crippen molar-refractivity contribution in [2.75, 3.05) is 7.05 Å². The van der Waals surface area contributed by atoms with Crippen LogP contribution in [-0.2, 0) is 0 Å². The van der Waals surface area contributed by atoms with E-state index in [1.54, 1.807) is 0 Å². The molecular weight excluding hydrogens is 206 g/mol. The Bertz CT molecular complexity index is 312. The van der Waals surface area contributed by atoms with Gasteiger partial charge in [0.15, 0.2) is 5.16 Å². The maximum Gasteiger partial charge on any atom is 0.187 e. The van der Waals surface area contributed by atoms with E-state index in [9.17, 15) is 0 Å². The Morgan fingerprint density at radius 1 is 1.33 bits per heavy atom. The summed E-state index contributed by atoms with van der Waals surface area (Å²) in [6.45, 7) is 2.01.